The fourth-order valence-corrected chi connectivity index (χ4v) is 3.76. The van der Waals surface area contributed by atoms with Crippen LogP contribution in [-0.4, -0.2) is 28.5 Å². The molecule has 3 N–H and O–H groups in total. The minimum absolute atomic E-state index is 0.0297. The molecule has 6 nitrogen and oxygen atoms in total. The van der Waals surface area contributed by atoms with Crippen molar-refractivity contribution in [1.29, 1.82) is 0 Å². The number of pyridine rings is 2. The maximum absolute atomic E-state index is 12.8. The van der Waals surface area contributed by atoms with E-state index in [0.717, 1.165) is 27.2 Å². The monoisotopic (exact) mass is 437 g/mol. The summed E-state index contributed by atoms with van der Waals surface area (Å²) in [5, 5.41) is 10.1. The van der Waals surface area contributed by atoms with E-state index in [1.807, 2.05) is 54.6 Å². The van der Waals surface area contributed by atoms with E-state index in [4.69, 9.17) is 0 Å². The van der Waals surface area contributed by atoms with Crippen LogP contribution in [0.3, 0.4) is 0 Å². The van der Waals surface area contributed by atoms with Gasteiger partial charge in [0.2, 0.25) is 5.91 Å². The molecule has 0 bridgehead atoms. The van der Waals surface area contributed by atoms with Crippen molar-refractivity contribution in [2.75, 3.05) is 17.2 Å². The summed E-state index contributed by atoms with van der Waals surface area (Å²) in [6, 6.07) is 17.4. The van der Waals surface area contributed by atoms with Gasteiger partial charge in [-0.1, -0.05) is 30.3 Å². The second-order valence-electron chi connectivity index (χ2n) is 6.65. The molecule has 1 amide bonds. The Hall–Kier alpha value is -2.93. The van der Waals surface area contributed by atoms with E-state index in [-0.39, 0.29) is 18.0 Å². The third-order valence-electron chi connectivity index (χ3n) is 4.68. The SMILES string of the molecule is O=C(Cc1ccnc(Br)c1)N[C@H](c1ccccc1)[C@H]1CNc2cccnc2N1. The molecule has 1 aliphatic rings. The van der Waals surface area contributed by atoms with E-state index in [1.54, 1.807) is 12.4 Å². The molecule has 3 aromatic rings. The Morgan fingerprint density at radius 3 is 2.82 bits per heavy atom. The number of rotatable bonds is 5. The van der Waals surface area contributed by atoms with Gasteiger partial charge >= 0.3 is 0 Å². The minimum Gasteiger partial charge on any atom is -0.380 e. The first-order chi connectivity index (χ1) is 13.7. The molecule has 2 atom stereocenters. The summed E-state index contributed by atoms with van der Waals surface area (Å²) >= 11 is 3.35. The van der Waals surface area contributed by atoms with Crippen molar-refractivity contribution in [3.63, 3.8) is 0 Å². The van der Waals surface area contributed by atoms with Crippen molar-refractivity contribution in [3.05, 3.63) is 82.7 Å². The highest BCUT2D eigenvalue weighted by atomic mass is 79.9. The number of hydrogen-bond acceptors (Lipinski definition) is 5. The molecule has 1 aliphatic heterocycles. The van der Waals surface area contributed by atoms with Gasteiger partial charge in [0.25, 0.3) is 0 Å². The number of aromatic nitrogens is 2. The molecule has 7 heteroatoms. The molecule has 3 heterocycles. The van der Waals surface area contributed by atoms with E-state index in [0.29, 0.717) is 13.0 Å². The standard InChI is InChI=1S/C21H20BrN5O/c22-18-11-14(8-10-23-18)12-19(28)27-20(15-5-2-1-3-6-15)17-13-25-16-7-4-9-24-21(16)26-17/h1-11,17,20,25H,12-13H2,(H,24,26)(H,27,28)/t17-,20-/m1/s1. The van der Waals surface area contributed by atoms with Crippen LogP contribution in [0.1, 0.15) is 17.2 Å². The summed E-state index contributed by atoms with van der Waals surface area (Å²) in [7, 11) is 0. The lowest BCUT2D eigenvalue weighted by Crippen LogP contribution is -2.46. The smallest absolute Gasteiger partial charge is 0.224 e. The zero-order chi connectivity index (χ0) is 19.3. The molecule has 4 rings (SSSR count). The molecule has 0 spiro atoms. The van der Waals surface area contributed by atoms with Crippen LogP contribution in [0.5, 0.6) is 0 Å². The van der Waals surface area contributed by atoms with Crippen LogP contribution in [-0.2, 0) is 11.2 Å². The Morgan fingerprint density at radius 2 is 2.00 bits per heavy atom. The predicted molar refractivity (Wildman–Crippen MR) is 113 cm³/mol. The van der Waals surface area contributed by atoms with E-state index in [2.05, 4.69) is 41.8 Å². The first kappa shape index (κ1) is 18.4. The van der Waals surface area contributed by atoms with Gasteiger partial charge in [0.15, 0.2) is 0 Å². The third kappa shape index (κ3) is 4.31. The molecule has 142 valence electrons. The van der Waals surface area contributed by atoms with Gasteiger partial charge in [0.1, 0.15) is 10.4 Å². The molecule has 0 saturated heterocycles. The second-order valence-corrected chi connectivity index (χ2v) is 7.46. The lowest BCUT2D eigenvalue weighted by Gasteiger charge is -2.34. The van der Waals surface area contributed by atoms with Crippen molar-refractivity contribution in [2.45, 2.75) is 18.5 Å². The van der Waals surface area contributed by atoms with E-state index < -0.39 is 0 Å². The Balaban J connectivity index is 1.54. The number of fused-ring (bicyclic) bond motifs is 1. The second kappa shape index (κ2) is 8.39. The Labute approximate surface area is 171 Å². The average molecular weight is 438 g/mol. The summed E-state index contributed by atoms with van der Waals surface area (Å²) in [5.74, 6) is 0.757. The number of halogens is 1. The highest BCUT2D eigenvalue weighted by molar-refractivity contribution is 9.10. The average Bonchev–Trinajstić information content (AvgIpc) is 2.72. The number of nitrogens with zero attached hydrogens (tertiary/aromatic N) is 2. The van der Waals surface area contributed by atoms with Gasteiger partial charge < -0.3 is 16.0 Å². The topological polar surface area (TPSA) is 78.9 Å². The summed E-state index contributed by atoms with van der Waals surface area (Å²) in [4.78, 5) is 21.3. The third-order valence-corrected chi connectivity index (χ3v) is 5.11. The van der Waals surface area contributed by atoms with Crippen molar-refractivity contribution >= 4 is 33.3 Å². The van der Waals surface area contributed by atoms with Gasteiger partial charge in [-0.3, -0.25) is 4.79 Å². The first-order valence-corrected chi connectivity index (χ1v) is 9.88. The van der Waals surface area contributed by atoms with Crippen LogP contribution in [0.4, 0.5) is 11.5 Å². The molecular weight excluding hydrogens is 418 g/mol. The van der Waals surface area contributed by atoms with E-state index >= 15 is 0 Å². The summed E-state index contributed by atoms with van der Waals surface area (Å²) < 4.78 is 0.721. The summed E-state index contributed by atoms with van der Waals surface area (Å²) in [5.41, 5.74) is 2.93. The molecular formula is C21H20BrN5O. The predicted octanol–water partition coefficient (Wildman–Crippen LogP) is 3.55. The minimum atomic E-state index is -0.193. The van der Waals surface area contributed by atoms with Gasteiger partial charge in [0, 0.05) is 18.9 Å². The van der Waals surface area contributed by atoms with E-state index in [1.165, 1.54) is 0 Å². The van der Waals surface area contributed by atoms with E-state index in [9.17, 15) is 4.79 Å². The fraction of sp³-hybridized carbons (Fsp3) is 0.190. The maximum Gasteiger partial charge on any atom is 0.224 e. The zero-order valence-corrected chi connectivity index (χ0v) is 16.7. The zero-order valence-electron chi connectivity index (χ0n) is 15.1. The van der Waals surface area contributed by atoms with Crippen LogP contribution in [0, 0.1) is 0 Å². The van der Waals surface area contributed by atoms with Crippen LogP contribution >= 0.6 is 15.9 Å². The first-order valence-electron chi connectivity index (χ1n) is 9.09. The quantitative estimate of drug-likeness (QED) is 0.531. The molecule has 0 unspecified atom stereocenters. The molecule has 2 aromatic heterocycles. The Bertz CT molecular complexity index is 966. The van der Waals surface area contributed by atoms with Crippen molar-refractivity contribution < 1.29 is 4.79 Å². The normalized spacial score (nSPS) is 16.2. The van der Waals surface area contributed by atoms with Crippen LogP contribution in [0.2, 0.25) is 0 Å². The number of carbonyl (C=O) groups excluding carboxylic acids is 1. The number of amides is 1. The number of carbonyl (C=O) groups is 1. The molecule has 0 saturated carbocycles. The van der Waals surface area contributed by atoms with Crippen molar-refractivity contribution in [2.24, 2.45) is 0 Å². The van der Waals surface area contributed by atoms with Crippen LogP contribution < -0.4 is 16.0 Å². The van der Waals surface area contributed by atoms with Gasteiger partial charge in [0.05, 0.1) is 24.2 Å². The van der Waals surface area contributed by atoms with Crippen molar-refractivity contribution in [1.82, 2.24) is 15.3 Å². The number of benzene rings is 1. The number of hydrogen-bond donors (Lipinski definition) is 3. The number of anilines is 2. The Morgan fingerprint density at radius 1 is 1.14 bits per heavy atom. The van der Waals surface area contributed by atoms with Gasteiger partial charge in [-0.2, -0.15) is 0 Å². The summed E-state index contributed by atoms with van der Waals surface area (Å²) in [6.07, 6.45) is 3.74. The van der Waals surface area contributed by atoms with Crippen LogP contribution in [0.25, 0.3) is 0 Å². The molecule has 0 radical (unpaired) electrons. The van der Waals surface area contributed by atoms with Gasteiger partial charge in [-0.25, -0.2) is 9.97 Å². The molecule has 28 heavy (non-hydrogen) atoms. The highest BCUT2D eigenvalue weighted by Crippen LogP contribution is 2.28. The van der Waals surface area contributed by atoms with Gasteiger partial charge in [-0.05, 0) is 51.3 Å². The highest BCUT2D eigenvalue weighted by Gasteiger charge is 2.28. The van der Waals surface area contributed by atoms with Crippen LogP contribution in [0.15, 0.2) is 71.6 Å². The van der Waals surface area contributed by atoms with Crippen molar-refractivity contribution in [3.8, 4) is 0 Å². The molecule has 0 aliphatic carbocycles. The van der Waals surface area contributed by atoms with Gasteiger partial charge in [-0.15, -0.1) is 0 Å². The lowest BCUT2D eigenvalue weighted by atomic mass is 9.97. The summed E-state index contributed by atoms with van der Waals surface area (Å²) in [6.45, 7) is 0.680. The number of nitrogens with one attached hydrogen (secondary N) is 3. The Kier molecular flexibility index (Phi) is 5.53. The largest absolute Gasteiger partial charge is 0.380 e. The fourth-order valence-electron chi connectivity index (χ4n) is 3.35. The molecule has 0 fully saturated rings. The molecule has 1 aromatic carbocycles. The maximum atomic E-state index is 12.8. The lowest BCUT2D eigenvalue weighted by molar-refractivity contribution is -0.121.